The summed E-state index contributed by atoms with van der Waals surface area (Å²) in [5.74, 6) is 0.266. The van der Waals surface area contributed by atoms with E-state index in [-0.39, 0.29) is 11.8 Å². The number of amides is 1. The van der Waals surface area contributed by atoms with E-state index >= 15 is 0 Å². The summed E-state index contributed by atoms with van der Waals surface area (Å²) in [4.78, 5) is 21.2. The number of allylic oxidation sites excluding steroid dienone is 5. The highest BCUT2D eigenvalue weighted by Crippen LogP contribution is 2.35. The maximum absolute atomic E-state index is 12.3. The van der Waals surface area contributed by atoms with Crippen LogP contribution in [0.25, 0.3) is 11.0 Å². The van der Waals surface area contributed by atoms with Crippen molar-refractivity contribution in [3.05, 3.63) is 60.2 Å². The predicted molar refractivity (Wildman–Crippen MR) is 107 cm³/mol. The van der Waals surface area contributed by atoms with Crippen LogP contribution in [0.2, 0.25) is 0 Å². The molecule has 26 heavy (non-hydrogen) atoms. The Bertz CT molecular complexity index is 1000. The summed E-state index contributed by atoms with van der Waals surface area (Å²) in [6.07, 6.45) is 7.70. The number of aliphatic imine (C=N–C) groups is 1. The van der Waals surface area contributed by atoms with Gasteiger partial charge in [-0.05, 0) is 23.3 Å². The zero-order valence-electron chi connectivity index (χ0n) is 14.1. The average Bonchev–Trinajstić information content (AvgIpc) is 3.23. The Kier molecular flexibility index (Phi) is 4.16. The topological polar surface area (TPSA) is 99.3 Å². The van der Waals surface area contributed by atoms with E-state index < -0.39 is 5.92 Å². The minimum atomic E-state index is -0.504. The van der Waals surface area contributed by atoms with Gasteiger partial charge in [-0.2, -0.15) is 0 Å². The zero-order chi connectivity index (χ0) is 18.3. The quantitative estimate of drug-likeness (QED) is 0.872. The molecule has 0 fully saturated rings. The second-order valence-electron chi connectivity index (χ2n) is 6.29. The molecule has 0 saturated carbocycles. The Hall–Kier alpha value is -2.80. The van der Waals surface area contributed by atoms with Gasteiger partial charge in [-0.3, -0.25) is 14.4 Å². The first-order valence-corrected chi connectivity index (χ1v) is 9.33. The molecule has 4 rings (SSSR count). The highest BCUT2D eigenvalue weighted by atomic mass is 32.2. The van der Waals surface area contributed by atoms with Crippen LogP contribution in [0, 0.1) is 5.92 Å². The fraction of sp³-hybridized carbons (Fsp3) is 0.211. The van der Waals surface area contributed by atoms with Crippen molar-refractivity contribution in [1.29, 1.82) is 0 Å². The Labute approximate surface area is 155 Å². The molecule has 2 unspecified atom stereocenters. The number of rotatable bonds is 3. The molecular weight excluding hydrogens is 346 g/mol. The number of fused-ring (bicyclic) bond motifs is 1. The Morgan fingerprint density at radius 2 is 2.23 bits per heavy atom. The number of anilines is 1. The van der Waals surface area contributed by atoms with Gasteiger partial charge in [0.1, 0.15) is 0 Å². The van der Waals surface area contributed by atoms with Crippen LogP contribution in [-0.4, -0.2) is 32.9 Å². The molecule has 1 aromatic heterocycles. The lowest BCUT2D eigenvalue weighted by Gasteiger charge is -2.24. The number of hydrogen-bond acceptors (Lipinski definition) is 5. The van der Waals surface area contributed by atoms with E-state index in [1.165, 1.54) is 0 Å². The fourth-order valence-electron chi connectivity index (χ4n) is 3.44. The summed E-state index contributed by atoms with van der Waals surface area (Å²) in [7, 11) is 0. The number of carbonyl (C=O) groups excluding carboxylic acids is 1. The van der Waals surface area contributed by atoms with Gasteiger partial charge in [-0.1, -0.05) is 48.7 Å². The molecule has 2 heterocycles. The highest BCUT2D eigenvalue weighted by Gasteiger charge is 2.29. The fourth-order valence-corrected chi connectivity index (χ4v) is 4.30. The number of nitrogens with two attached hydrogens (primary N) is 2. The van der Waals surface area contributed by atoms with Crippen LogP contribution in [-0.2, 0) is 4.79 Å². The molecule has 0 saturated heterocycles. The molecule has 7 heteroatoms. The van der Waals surface area contributed by atoms with Gasteiger partial charge in [0.25, 0.3) is 0 Å². The van der Waals surface area contributed by atoms with Gasteiger partial charge in [0.2, 0.25) is 11.9 Å². The summed E-state index contributed by atoms with van der Waals surface area (Å²) >= 11 is 1.65. The summed E-state index contributed by atoms with van der Waals surface area (Å²) in [6, 6.07) is 5.70. The number of thioether (sulfide) groups is 1. The second-order valence-corrected chi connectivity index (χ2v) is 7.35. The van der Waals surface area contributed by atoms with Gasteiger partial charge in [0, 0.05) is 11.7 Å². The number of hydrogen-bond donors (Lipinski definition) is 2. The van der Waals surface area contributed by atoms with Crippen LogP contribution < -0.4 is 11.5 Å². The Balaban J connectivity index is 1.84. The monoisotopic (exact) mass is 365 g/mol. The molecule has 1 aliphatic heterocycles. The predicted octanol–water partition coefficient (Wildman–Crippen LogP) is 2.44. The zero-order valence-corrected chi connectivity index (χ0v) is 14.9. The van der Waals surface area contributed by atoms with E-state index in [9.17, 15) is 4.79 Å². The third-order valence-electron chi connectivity index (χ3n) is 4.66. The molecule has 1 amide bonds. The van der Waals surface area contributed by atoms with Gasteiger partial charge in [0.05, 0.1) is 23.5 Å². The molecule has 0 radical (unpaired) electrons. The molecule has 2 aliphatic rings. The lowest BCUT2D eigenvalue weighted by molar-refractivity contribution is -0.120. The standard InChI is InChI=1S/C19H19N5OS/c1-11-4-2-3-5-13(11)16(17(20)25)12-6-7-14-15(10-12)24(18(21)23-14)19-22-8-9-26-19/h2-7,10,13,16H,1,8-9H2,(H2,20,25)(H2,21,23). The Morgan fingerprint density at radius 3 is 2.92 bits per heavy atom. The first-order chi connectivity index (χ1) is 12.6. The van der Waals surface area contributed by atoms with Crippen molar-refractivity contribution in [3.8, 4) is 0 Å². The first-order valence-electron chi connectivity index (χ1n) is 8.35. The minimum Gasteiger partial charge on any atom is -0.369 e. The van der Waals surface area contributed by atoms with Crippen LogP contribution in [0.1, 0.15) is 11.5 Å². The largest absolute Gasteiger partial charge is 0.369 e. The van der Waals surface area contributed by atoms with Crippen LogP contribution in [0.5, 0.6) is 0 Å². The smallest absolute Gasteiger partial charge is 0.225 e. The maximum atomic E-state index is 12.3. The molecule has 132 valence electrons. The molecule has 1 aliphatic carbocycles. The minimum absolute atomic E-state index is 0.165. The molecule has 6 nitrogen and oxygen atoms in total. The maximum Gasteiger partial charge on any atom is 0.225 e. The third-order valence-corrected chi connectivity index (χ3v) is 5.61. The molecule has 1 aromatic carbocycles. The number of aromatic nitrogens is 2. The number of nitrogen functional groups attached to an aromatic ring is 1. The van der Waals surface area contributed by atoms with Crippen LogP contribution >= 0.6 is 11.8 Å². The average molecular weight is 365 g/mol. The van der Waals surface area contributed by atoms with E-state index in [4.69, 9.17) is 11.5 Å². The second kappa shape index (κ2) is 6.49. The number of carbonyl (C=O) groups is 1. The van der Waals surface area contributed by atoms with Crippen molar-refractivity contribution < 1.29 is 4.79 Å². The van der Waals surface area contributed by atoms with Crippen molar-refractivity contribution in [2.24, 2.45) is 16.6 Å². The van der Waals surface area contributed by atoms with Crippen molar-refractivity contribution in [1.82, 2.24) is 9.55 Å². The normalized spacial score (nSPS) is 20.5. The summed E-state index contributed by atoms with van der Waals surface area (Å²) in [6.45, 7) is 4.83. The molecule has 4 N–H and O–H groups in total. The first kappa shape index (κ1) is 16.7. The molecule has 2 atom stereocenters. The molecular formula is C19H19N5OS. The molecule has 2 aromatic rings. The van der Waals surface area contributed by atoms with Gasteiger partial charge in [0.15, 0.2) is 5.17 Å². The number of nitrogens with zero attached hydrogens (tertiary/aromatic N) is 3. The van der Waals surface area contributed by atoms with E-state index in [2.05, 4.69) is 16.6 Å². The lowest BCUT2D eigenvalue weighted by Crippen LogP contribution is -2.28. The van der Waals surface area contributed by atoms with Gasteiger partial charge in [-0.15, -0.1) is 0 Å². The van der Waals surface area contributed by atoms with Gasteiger partial charge in [-0.25, -0.2) is 4.98 Å². The van der Waals surface area contributed by atoms with Crippen molar-refractivity contribution >= 4 is 39.8 Å². The van der Waals surface area contributed by atoms with Crippen molar-refractivity contribution in [2.75, 3.05) is 18.0 Å². The van der Waals surface area contributed by atoms with Gasteiger partial charge >= 0.3 is 0 Å². The van der Waals surface area contributed by atoms with Crippen LogP contribution in [0.4, 0.5) is 5.95 Å². The number of imidazole rings is 1. The summed E-state index contributed by atoms with van der Waals surface area (Å²) in [5.41, 5.74) is 15.2. The molecule has 0 spiro atoms. The third kappa shape index (κ3) is 2.74. The van der Waals surface area contributed by atoms with E-state index in [1.807, 2.05) is 47.1 Å². The van der Waals surface area contributed by atoms with E-state index in [0.717, 1.165) is 39.6 Å². The van der Waals surface area contributed by atoms with Gasteiger partial charge < -0.3 is 11.5 Å². The van der Waals surface area contributed by atoms with E-state index in [0.29, 0.717) is 5.95 Å². The SMILES string of the molecule is C=C1C=CC=CC1C(C(N)=O)c1ccc2nc(N)n(C3=NCCS3)c2c1. The Morgan fingerprint density at radius 1 is 1.38 bits per heavy atom. The van der Waals surface area contributed by atoms with Crippen LogP contribution in [0.15, 0.2) is 59.6 Å². The molecule has 0 bridgehead atoms. The highest BCUT2D eigenvalue weighted by molar-refractivity contribution is 8.14. The number of primary amides is 1. The summed E-state index contributed by atoms with van der Waals surface area (Å²) in [5, 5.41) is 0.836. The van der Waals surface area contributed by atoms with Crippen molar-refractivity contribution in [3.63, 3.8) is 0 Å². The van der Waals surface area contributed by atoms with E-state index in [1.54, 1.807) is 11.8 Å². The van der Waals surface area contributed by atoms with Crippen molar-refractivity contribution in [2.45, 2.75) is 5.92 Å². The summed E-state index contributed by atoms with van der Waals surface area (Å²) < 4.78 is 1.85. The number of benzene rings is 1. The van der Waals surface area contributed by atoms with Crippen LogP contribution in [0.3, 0.4) is 0 Å². The lowest BCUT2D eigenvalue weighted by atomic mass is 9.79.